The van der Waals surface area contributed by atoms with Gasteiger partial charge in [0.15, 0.2) is 5.16 Å². The lowest BCUT2D eigenvalue weighted by Gasteiger charge is -2.08. The second-order valence-electron chi connectivity index (χ2n) is 3.72. The van der Waals surface area contributed by atoms with Crippen molar-refractivity contribution in [1.29, 1.82) is 0 Å². The largest absolute Gasteiger partial charge is 0.478 e. The molecule has 0 fully saturated rings. The normalized spacial score (nSPS) is 10.5. The summed E-state index contributed by atoms with van der Waals surface area (Å²) in [5.41, 5.74) is -2.41. The van der Waals surface area contributed by atoms with Crippen LogP contribution in [0.2, 0.25) is 0 Å². The van der Waals surface area contributed by atoms with E-state index in [4.69, 9.17) is 5.11 Å². The van der Waals surface area contributed by atoms with Gasteiger partial charge in [-0.1, -0.05) is 6.07 Å². The molecule has 0 aliphatic heterocycles. The van der Waals surface area contributed by atoms with Gasteiger partial charge in [0.05, 0.1) is 0 Å². The summed E-state index contributed by atoms with van der Waals surface area (Å²) in [4.78, 5) is 36.9. The zero-order valence-electron chi connectivity index (χ0n) is 10.1. The molecular weight excluding hydrogens is 289 g/mol. The van der Waals surface area contributed by atoms with Crippen molar-refractivity contribution in [1.82, 2.24) is 14.8 Å². The maximum Gasteiger partial charge on any atom is 0.339 e. The lowest BCUT2D eigenvalue weighted by atomic mass is 10.2. The van der Waals surface area contributed by atoms with Gasteiger partial charge < -0.3 is 5.11 Å². The van der Waals surface area contributed by atoms with Gasteiger partial charge in [0, 0.05) is 11.9 Å². The minimum atomic E-state index is -1.43. The van der Waals surface area contributed by atoms with E-state index in [0.717, 1.165) is 22.5 Å². The summed E-state index contributed by atoms with van der Waals surface area (Å²) in [7, 11) is 1.43. The Morgan fingerprint density at radius 3 is 2.80 bits per heavy atom. The molecule has 0 unspecified atom stereocenters. The molecule has 1 heterocycles. The molecular formula is C11H8FN3O4S. The number of H-pyrrole nitrogens is 1. The number of aryl methyl sites for hydroxylation is 1. The van der Waals surface area contributed by atoms with Crippen LogP contribution in [0.3, 0.4) is 0 Å². The molecule has 20 heavy (non-hydrogen) atoms. The van der Waals surface area contributed by atoms with Crippen LogP contribution >= 0.6 is 11.8 Å². The Hall–Kier alpha value is -2.42. The summed E-state index contributed by atoms with van der Waals surface area (Å²) in [5, 5.41) is 11.3. The van der Waals surface area contributed by atoms with Crippen molar-refractivity contribution in [3.63, 3.8) is 0 Å². The zero-order chi connectivity index (χ0) is 14.9. The number of benzene rings is 1. The average molecular weight is 297 g/mol. The van der Waals surface area contributed by atoms with E-state index in [0.29, 0.717) is 0 Å². The van der Waals surface area contributed by atoms with E-state index in [-0.39, 0.29) is 10.1 Å². The van der Waals surface area contributed by atoms with Gasteiger partial charge in [-0.2, -0.15) is 4.98 Å². The monoisotopic (exact) mass is 297 g/mol. The molecule has 2 rings (SSSR count). The third-order valence-corrected chi connectivity index (χ3v) is 3.45. The summed E-state index contributed by atoms with van der Waals surface area (Å²) in [5.74, 6) is -2.32. The first-order valence-electron chi connectivity index (χ1n) is 5.27. The lowest BCUT2D eigenvalue weighted by molar-refractivity contribution is 0.0688. The first-order valence-corrected chi connectivity index (χ1v) is 6.09. The van der Waals surface area contributed by atoms with Crippen LogP contribution in [-0.4, -0.2) is 25.8 Å². The number of rotatable bonds is 3. The summed E-state index contributed by atoms with van der Waals surface area (Å²) in [6.45, 7) is 0. The van der Waals surface area contributed by atoms with Crippen LogP contribution in [-0.2, 0) is 7.05 Å². The van der Waals surface area contributed by atoms with Crippen molar-refractivity contribution in [3.05, 3.63) is 50.3 Å². The Balaban J connectivity index is 2.54. The van der Waals surface area contributed by atoms with E-state index in [1.54, 1.807) is 0 Å². The molecule has 0 aliphatic rings. The fourth-order valence-electron chi connectivity index (χ4n) is 1.45. The molecule has 0 saturated heterocycles. The van der Waals surface area contributed by atoms with E-state index in [2.05, 4.69) is 10.1 Å². The number of halogens is 1. The number of nitrogens with one attached hydrogen (secondary N) is 1. The van der Waals surface area contributed by atoms with Crippen LogP contribution in [0.1, 0.15) is 10.4 Å². The zero-order valence-corrected chi connectivity index (χ0v) is 10.9. The molecule has 1 aromatic heterocycles. The molecule has 7 nitrogen and oxygen atoms in total. The second-order valence-corrected chi connectivity index (χ2v) is 4.73. The molecule has 0 amide bonds. The summed E-state index contributed by atoms with van der Waals surface area (Å²) >= 11 is 0.767. The summed E-state index contributed by atoms with van der Waals surface area (Å²) < 4.78 is 14.7. The maximum atomic E-state index is 13.5. The number of carboxylic acids is 1. The Kier molecular flexibility index (Phi) is 3.70. The van der Waals surface area contributed by atoms with Crippen LogP contribution in [0.15, 0.2) is 37.8 Å². The third kappa shape index (κ3) is 2.62. The van der Waals surface area contributed by atoms with Crippen LogP contribution in [0.4, 0.5) is 4.39 Å². The standard InChI is InChI=1S/C11H8FN3O4S/c1-15-11(13-8(16)9(17)14-15)20-6-4-2-3-5(12)7(6)10(18)19/h2-4H,1H3,(H,14,17)(H,18,19). The quantitative estimate of drug-likeness (QED) is 0.797. The van der Waals surface area contributed by atoms with Crippen molar-refractivity contribution < 1.29 is 14.3 Å². The molecule has 0 atom stereocenters. The Morgan fingerprint density at radius 2 is 2.15 bits per heavy atom. The fourth-order valence-corrected chi connectivity index (χ4v) is 2.39. The number of aromatic nitrogens is 3. The van der Waals surface area contributed by atoms with E-state index >= 15 is 0 Å². The number of carboxylic acid groups (broad SMARTS) is 1. The molecule has 0 bridgehead atoms. The van der Waals surface area contributed by atoms with E-state index in [9.17, 15) is 18.8 Å². The van der Waals surface area contributed by atoms with Crippen LogP contribution in [0.5, 0.6) is 0 Å². The number of aromatic amines is 1. The fraction of sp³-hybridized carbons (Fsp3) is 0.0909. The molecule has 0 radical (unpaired) electrons. The van der Waals surface area contributed by atoms with Gasteiger partial charge in [0.25, 0.3) is 0 Å². The Bertz CT molecular complexity index is 799. The second kappa shape index (κ2) is 5.29. The average Bonchev–Trinajstić information content (AvgIpc) is 2.35. The van der Waals surface area contributed by atoms with E-state index < -0.39 is 28.5 Å². The van der Waals surface area contributed by atoms with Crippen LogP contribution < -0.4 is 11.1 Å². The van der Waals surface area contributed by atoms with Crippen LogP contribution in [0.25, 0.3) is 0 Å². The van der Waals surface area contributed by atoms with Gasteiger partial charge in [0.2, 0.25) is 0 Å². The molecule has 9 heteroatoms. The number of nitrogens with zero attached hydrogens (tertiary/aromatic N) is 2. The minimum Gasteiger partial charge on any atom is -0.478 e. The predicted molar refractivity (Wildman–Crippen MR) is 67.6 cm³/mol. The van der Waals surface area contributed by atoms with Gasteiger partial charge in [-0.05, 0) is 23.9 Å². The number of hydrogen-bond acceptors (Lipinski definition) is 5. The number of aromatic carboxylic acids is 1. The SMILES string of the molecule is Cn1[nH]c(=O)c(=O)nc1Sc1cccc(F)c1C(=O)O. The third-order valence-electron chi connectivity index (χ3n) is 2.34. The van der Waals surface area contributed by atoms with Crippen molar-refractivity contribution in [2.24, 2.45) is 7.05 Å². The van der Waals surface area contributed by atoms with Gasteiger partial charge in [-0.15, -0.1) is 0 Å². The maximum absolute atomic E-state index is 13.5. The number of carbonyl (C=O) groups is 1. The highest BCUT2D eigenvalue weighted by Gasteiger charge is 2.18. The van der Waals surface area contributed by atoms with Crippen molar-refractivity contribution >= 4 is 17.7 Å². The summed E-state index contributed by atoms with van der Waals surface area (Å²) in [6.07, 6.45) is 0. The Morgan fingerprint density at radius 1 is 1.45 bits per heavy atom. The van der Waals surface area contributed by atoms with Gasteiger partial charge >= 0.3 is 17.1 Å². The number of hydrogen-bond donors (Lipinski definition) is 2. The molecule has 2 N–H and O–H groups in total. The van der Waals surface area contributed by atoms with Crippen LogP contribution in [0, 0.1) is 5.82 Å². The van der Waals surface area contributed by atoms with Gasteiger partial charge in [-0.3, -0.25) is 19.4 Å². The highest BCUT2D eigenvalue weighted by Crippen LogP contribution is 2.29. The topological polar surface area (TPSA) is 105 Å². The molecule has 2 aromatic rings. The van der Waals surface area contributed by atoms with Gasteiger partial charge in [0.1, 0.15) is 11.4 Å². The van der Waals surface area contributed by atoms with Crippen molar-refractivity contribution in [3.8, 4) is 0 Å². The predicted octanol–water partition coefficient (Wildman–Crippen LogP) is 0.457. The van der Waals surface area contributed by atoms with E-state index in [1.165, 1.54) is 19.2 Å². The lowest BCUT2D eigenvalue weighted by Crippen LogP contribution is -2.33. The smallest absolute Gasteiger partial charge is 0.339 e. The molecule has 1 aromatic carbocycles. The van der Waals surface area contributed by atoms with Crippen molar-refractivity contribution in [2.75, 3.05) is 0 Å². The van der Waals surface area contributed by atoms with Crippen molar-refractivity contribution in [2.45, 2.75) is 10.1 Å². The first kappa shape index (κ1) is 14.0. The Labute approximate surface area is 115 Å². The highest BCUT2D eigenvalue weighted by atomic mass is 32.2. The molecule has 0 aliphatic carbocycles. The highest BCUT2D eigenvalue weighted by molar-refractivity contribution is 7.99. The molecule has 0 spiro atoms. The minimum absolute atomic E-state index is 0.0442. The van der Waals surface area contributed by atoms with Gasteiger partial charge in [-0.25, -0.2) is 9.18 Å². The molecule has 104 valence electrons. The van der Waals surface area contributed by atoms with E-state index in [1.807, 2.05) is 0 Å². The molecule has 0 saturated carbocycles. The summed E-state index contributed by atoms with van der Waals surface area (Å²) in [6, 6.07) is 3.75. The first-order chi connectivity index (χ1) is 9.40.